The molecular weight excluding hydrogens is 476 g/mol. The van der Waals surface area contributed by atoms with Crippen LogP contribution in [0.4, 0.5) is 0 Å². The summed E-state index contributed by atoms with van der Waals surface area (Å²) < 4.78 is 40.2. The molecule has 2 heterocycles. The maximum absolute atomic E-state index is 13.8. The Hall–Kier alpha value is -3.62. The molecule has 0 amide bonds. The second kappa shape index (κ2) is 9.79. The molecule has 1 aromatic heterocycles. The lowest BCUT2D eigenvalue weighted by molar-refractivity contribution is 0.171. The number of aromatic nitrogens is 1. The first-order chi connectivity index (χ1) is 17.3. The van der Waals surface area contributed by atoms with E-state index in [0.29, 0.717) is 36.7 Å². The number of aryl methyl sites for hydroxylation is 2. The molecule has 1 aliphatic heterocycles. The highest BCUT2D eigenvalue weighted by Crippen LogP contribution is 2.33. The van der Waals surface area contributed by atoms with Crippen molar-refractivity contribution in [1.82, 2.24) is 9.29 Å². The van der Waals surface area contributed by atoms with Gasteiger partial charge in [0, 0.05) is 35.6 Å². The molecule has 5 rings (SSSR count). The van der Waals surface area contributed by atoms with Gasteiger partial charge in [0.15, 0.2) is 11.5 Å². The Kier molecular flexibility index (Phi) is 6.55. The molecule has 7 nitrogen and oxygen atoms in total. The van der Waals surface area contributed by atoms with Gasteiger partial charge < -0.3 is 14.5 Å². The van der Waals surface area contributed by atoms with Crippen LogP contribution < -0.4 is 15.0 Å². The molecule has 0 atom stereocenters. The van der Waals surface area contributed by atoms with E-state index in [1.54, 1.807) is 12.1 Å². The van der Waals surface area contributed by atoms with E-state index in [-0.39, 0.29) is 23.5 Å². The van der Waals surface area contributed by atoms with Crippen molar-refractivity contribution in [3.05, 3.63) is 99.3 Å². The number of pyridine rings is 1. The number of hydrogen-bond donors (Lipinski definition) is 1. The number of sulfonamides is 1. The number of fused-ring (bicyclic) bond motifs is 2. The number of hydrogen-bond acceptors (Lipinski definition) is 5. The van der Waals surface area contributed by atoms with Crippen molar-refractivity contribution in [2.24, 2.45) is 0 Å². The van der Waals surface area contributed by atoms with Crippen LogP contribution in [0.15, 0.2) is 76.4 Å². The molecule has 186 valence electrons. The largest absolute Gasteiger partial charge is 0.486 e. The van der Waals surface area contributed by atoms with Gasteiger partial charge in [-0.1, -0.05) is 36.4 Å². The predicted octanol–water partition coefficient (Wildman–Crippen LogP) is 4.35. The van der Waals surface area contributed by atoms with Crippen molar-refractivity contribution in [2.45, 2.75) is 31.7 Å². The highest BCUT2D eigenvalue weighted by Gasteiger charge is 2.27. The first kappa shape index (κ1) is 24.1. The molecule has 0 aliphatic carbocycles. The first-order valence-corrected chi connectivity index (χ1v) is 13.3. The number of aromatic amines is 1. The third kappa shape index (κ3) is 4.87. The van der Waals surface area contributed by atoms with Gasteiger partial charge in [-0.3, -0.25) is 4.79 Å². The lowest BCUT2D eigenvalue weighted by Crippen LogP contribution is -2.34. The standard InChI is InChI=1S/C28H28N2O5S/c1-19-14-20(2)24-16-22(28(31)29-25(24)15-19)18-30(11-10-21-6-4-3-5-7-21)36(32,33)23-8-9-26-27(17-23)35-13-12-34-26/h3-9,14-17H,10-13,18H2,1-2H3,(H,29,31). The van der Waals surface area contributed by atoms with Gasteiger partial charge in [-0.05, 0) is 61.2 Å². The molecule has 1 N–H and O–H groups in total. The molecule has 3 aromatic carbocycles. The summed E-state index contributed by atoms with van der Waals surface area (Å²) in [5, 5.41) is 0.898. The Morgan fingerprint density at radius 1 is 0.917 bits per heavy atom. The molecule has 36 heavy (non-hydrogen) atoms. The average molecular weight is 505 g/mol. The zero-order valence-corrected chi connectivity index (χ0v) is 21.1. The van der Waals surface area contributed by atoms with Gasteiger partial charge in [0.25, 0.3) is 5.56 Å². The summed E-state index contributed by atoms with van der Waals surface area (Å²) in [6, 6.07) is 20.1. The monoisotopic (exact) mass is 504 g/mol. The van der Waals surface area contributed by atoms with Crippen molar-refractivity contribution in [3.63, 3.8) is 0 Å². The minimum Gasteiger partial charge on any atom is -0.486 e. The van der Waals surface area contributed by atoms with Gasteiger partial charge in [0.1, 0.15) is 13.2 Å². The SMILES string of the molecule is Cc1cc(C)c2cc(CN(CCc3ccccc3)S(=O)(=O)c3ccc4c(c3)OCCO4)c(=O)[nH]c2c1. The van der Waals surface area contributed by atoms with Crippen LogP contribution in [0.5, 0.6) is 11.5 Å². The van der Waals surface area contributed by atoms with E-state index in [9.17, 15) is 13.2 Å². The molecule has 1 aliphatic rings. The number of benzene rings is 3. The minimum atomic E-state index is -3.94. The summed E-state index contributed by atoms with van der Waals surface area (Å²) in [7, 11) is -3.94. The smallest absolute Gasteiger partial charge is 0.252 e. The first-order valence-electron chi connectivity index (χ1n) is 11.9. The van der Waals surface area contributed by atoms with Gasteiger partial charge in [-0.15, -0.1) is 0 Å². The number of rotatable bonds is 7. The Morgan fingerprint density at radius 3 is 2.44 bits per heavy atom. The zero-order valence-electron chi connectivity index (χ0n) is 20.3. The molecule has 0 spiro atoms. The second-order valence-electron chi connectivity index (χ2n) is 9.05. The predicted molar refractivity (Wildman–Crippen MR) is 139 cm³/mol. The number of nitrogens with zero attached hydrogens (tertiary/aromatic N) is 1. The van der Waals surface area contributed by atoms with E-state index in [2.05, 4.69) is 4.98 Å². The highest BCUT2D eigenvalue weighted by molar-refractivity contribution is 7.89. The van der Waals surface area contributed by atoms with Crippen LogP contribution in [0.25, 0.3) is 10.9 Å². The summed E-state index contributed by atoms with van der Waals surface area (Å²) in [5.41, 5.74) is 3.92. The molecule has 4 aromatic rings. The molecule has 0 unspecified atom stereocenters. The van der Waals surface area contributed by atoms with Gasteiger partial charge in [-0.25, -0.2) is 8.42 Å². The fourth-order valence-electron chi connectivity index (χ4n) is 4.54. The molecular formula is C28H28N2O5S. The fourth-order valence-corrected chi connectivity index (χ4v) is 5.97. The quantitative estimate of drug-likeness (QED) is 0.404. The van der Waals surface area contributed by atoms with Crippen molar-refractivity contribution < 1.29 is 17.9 Å². The normalized spacial score (nSPS) is 13.3. The topological polar surface area (TPSA) is 88.7 Å². The van der Waals surface area contributed by atoms with Crippen molar-refractivity contribution in [1.29, 1.82) is 0 Å². The lowest BCUT2D eigenvalue weighted by atomic mass is 10.0. The highest BCUT2D eigenvalue weighted by atomic mass is 32.2. The second-order valence-corrected chi connectivity index (χ2v) is 11.0. The van der Waals surface area contributed by atoms with Crippen molar-refractivity contribution in [2.75, 3.05) is 19.8 Å². The number of H-pyrrole nitrogens is 1. The van der Waals surface area contributed by atoms with Crippen LogP contribution in [-0.2, 0) is 23.0 Å². The van der Waals surface area contributed by atoms with E-state index in [1.165, 1.54) is 16.4 Å². The Morgan fingerprint density at radius 2 is 1.67 bits per heavy atom. The van der Waals surface area contributed by atoms with Crippen LogP contribution >= 0.6 is 0 Å². The summed E-state index contributed by atoms with van der Waals surface area (Å²) >= 11 is 0. The summed E-state index contributed by atoms with van der Waals surface area (Å²) in [4.78, 5) is 16.0. The van der Waals surface area contributed by atoms with E-state index in [0.717, 1.165) is 27.6 Å². The third-order valence-electron chi connectivity index (χ3n) is 6.38. The van der Waals surface area contributed by atoms with Crippen molar-refractivity contribution >= 4 is 20.9 Å². The van der Waals surface area contributed by atoms with Gasteiger partial charge >= 0.3 is 0 Å². The van der Waals surface area contributed by atoms with Crippen LogP contribution in [0, 0.1) is 13.8 Å². The van der Waals surface area contributed by atoms with Crippen LogP contribution in [0.1, 0.15) is 22.3 Å². The van der Waals surface area contributed by atoms with Gasteiger partial charge in [-0.2, -0.15) is 4.31 Å². The van der Waals surface area contributed by atoms with E-state index >= 15 is 0 Å². The summed E-state index contributed by atoms with van der Waals surface area (Å²) in [6.07, 6.45) is 0.508. The number of nitrogens with one attached hydrogen (secondary N) is 1. The van der Waals surface area contributed by atoms with Crippen LogP contribution in [0.3, 0.4) is 0 Å². The molecule has 0 saturated heterocycles. The van der Waals surface area contributed by atoms with Gasteiger partial charge in [0.05, 0.1) is 4.90 Å². The molecule has 0 radical (unpaired) electrons. The van der Waals surface area contributed by atoms with Crippen LogP contribution in [0.2, 0.25) is 0 Å². The Labute approximate surface area is 210 Å². The summed E-state index contributed by atoms with van der Waals surface area (Å²) in [6.45, 7) is 4.90. The summed E-state index contributed by atoms with van der Waals surface area (Å²) in [5.74, 6) is 0.924. The Balaban J connectivity index is 1.53. The molecule has 8 heteroatoms. The fraction of sp³-hybridized carbons (Fsp3) is 0.250. The maximum Gasteiger partial charge on any atom is 0.252 e. The van der Waals surface area contributed by atoms with E-state index in [4.69, 9.17) is 9.47 Å². The zero-order chi connectivity index (χ0) is 25.3. The molecule has 0 bridgehead atoms. The molecule has 0 fully saturated rings. The minimum absolute atomic E-state index is 0.0534. The van der Waals surface area contributed by atoms with Crippen molar-refractivity contribution in [3.8, 4) is 11.5 Å². The lowest BCUT2D eigenvalue weighted by Gasteiger charge is -2.24. The maximum atomic E-state index is 13.8. The third-order valence-corrected chi connectivity index (χ3v) is 8.22. The van der Waals surface area contributed by atoms with Gasteiger partial charge in [0.2, 0.25) is 10.0 Å². The Bertz CT molecular complexity index is 1580. The van der Waals surface area contributed by atoms with Crippen LogP contribution in [-0.4, -0.2) is 37.5 Å². The van der Waals surface area contributed by atoms with E-state index in [1.807, 2.05) is 56.3 Å². The average Bonchev–Trinajstić information content (AvgIpc) is 2.87. The van der Waals surface area contributed by atoms with E-state index < -0.39 is 10.0 Å². The number of ether oxygens (including phenoxy) is 2. The molecule has 0 saturated carbocycles.